The van der Waals surface area contributed by atoms with Crippen molar-refractivity contribution in [3.05, 3.63) is 34.6 Å². The Morgan fingerprint density at radius 2 is 2.55 bits per heavy atom. The van der Waals surface area contributed by atoms with Gasteiger partial charge in [-0.15, -0.1) is 10.1 Å². The molecule has 0 saturated heterocycles. The van der Waals surface area contributed by atoms with Crippen molar-refractivity contribution in [3.8, 4) is 0 Å². The predicted molar refractivity (Wildman–Crippen MR) is 34.9 cm³/mol. The number of nitrogens with zero attached hydrogens (tertiary/aromatic N) is 2. The Bertz CT molecular complexity index is 243. The molecule has 1 rings (SSSR count). The minimum atomic E-state index is -0.972. The van der Waals surface area contributed by atoms with Gasteiger partial charge in [-0.25, -0.2) is 4.84 Å². The van der Waals surface area contributed by atoms with E-state index in [4.69, 9.17) is 0 Å². The summed E-state index contributed by atoms with van der Waals surface area (Å²) in [5.41, 5.74) is 0. The van der Waals surface area contributed by atoms with Crippen LogP contribution >= 0.6 is 0 Å². The van der Waals surface area contributed by atoms with Gasteiger partial charge in [0.25, 0.3) is 5.95 Å². The summed E-state index contributed by atoms with van der Waals surface area (Å²) in [7, 11) is 0. The van der Waals surface area contributed by atoms with Crippen molar-refractivity contribution < 1.29 is 14.7 Å². The highest BCUT2D eigenvalue weighted by Gasteiger charge is 2.02. The van der Waals surface area contributed by atoms with E-state index < -0.39 is 5.09 Å². The second-order valence-corrected chi connectivity index (χ2v) is 1.51. The molecule has 6 heteroatoms. The molecule has 1 heterocycles. The molecule has 58 valence electrons. The van der Waals surface area contributed by atoms with Gasteiger partial charge in [0, 0.05) is 6.21 Å². The van der Waals surface area contributed by atoms with Crippen molar-refractivity contribution >= 4 is 6.21 Å². The third-order valence-corrected chi connectivity index (χ3v) is 0.779. The molecule has 0 atom stereocenters. The molecule has 0 radical (unpaired) electrons. The van der Waals surface area contributed by atoms with Crippen molar-refractivity contribution in [1.29, 1.82) is 0 Å². The molecule has 0 aromatic rings. The fourth-order valence-electron chi connectivity index (χ4n) is 0.444. The van der Waals surface area contributed by atoms with E-state index in [1.807, 2.05) is 0 Å². The zero-order valence-electron chi connectivity index (χ0n) is 5.34. The van der Waals surface area contributed by atoms with Crippen LogP contribution in [0.15, 0.2) is 29.5 Å². The number of allylic oxidation sites excluding steroid dienone is 1. The maximum atomic E-state index is 9.77. The van der Waals surface area contributed by atoms with E-state index in [1.165, 1.54) is 18.6 Å². The van der Waals surface area contributed by atoms with Crippen LogP contribution < -0.4 is 0 Å². The third kappa shape index (κ3) is 2.48. The van der Waals surface area contributed by atoms with Gasteiger partial charge in [-0.05, 0) is 6.08 Å². The first-order chi connectivity index (χ1) is 5.29. The van der Waals surface area contributed by atoms with Crippen molar-refractivity contribution in [2.45, 2.75) is 0 Å². The van der Waals surface area contributed by atoms with Crippen LogP contribution in [0.1, 0.15) is 0 Å². The molecule has 1 aliphatic heterocycles. The average Bonchev–Trinajstić information content (AvgIpc) is 2.14. The van der Waals surface area contributed by atoms with Gasteiger partial charge in [-0.3, -0.25) is 4.99 Å². The van der Waals surface area contributed by atoms with Crippen molar-refractivity contribution in [2.75, 3.05) is 0 Å². The molecule has 1 aliphatic rings. The molecule has 0 N–H and O–H groups in total. The van der Waals surface area contributed by atoms with Crippen LogP contribution in [0.25, 0.3) is 0 Å². The Balaban J connectivity index is 2.57. The molecule has 0 aromatic carbocycles. The first kappa shape index (κ1) is 7.26. The minimum absolute atomic E-state index is 0.264. The van der Waals surface area contributed by atoms with Crippen molar-refractivity contribution in [3.63, 3.8) is 0 Å². The second kappa shape index (κ2) is 3.35. The summed E-state index contributed by atoms with van der Waals surface area (Å²) in [6, 6.07) is 0. The Morgan fingerprint density at radius 3 is 3.27 bits per heavy atom. The summed E-state index contributed by atoms with van der Waals surface area (Å²) < 4.78 is 4.61. The Hall–Kier alpha value is -1.85. The molecule has 0 fully saturated rings. The summed E-state index contributed by atoms with van der Waals surface area (Å²) in [5.74, 6) is -0.264. The van der Waals surface area contributed by atoms with E-state index in [2.05, 4.69) is 14.6 Å². The Labute approximate surface area is 61.5 Å². The molecule has 6 nitrogen and oxygen atoms in total. The van der Waals surface area contributed by atoms with E-state index in [0.29, 0.717) is 0 Å². The van der Waals surface area contributed by atoms with E-state index >= 15 is 0 Å². The van der Waals surface area contributed by atoms with Gasteiger partial charge in [0.15, 0.2) is 0 Å². The van der Waals surface area contributed by atoms with Crippen molar-refractivity contribution in [1.82, 2.24) is 0 Å². The number of hydrogen-bond donors (Lipinski definition) is 0. The normalized spacial score (nSPS) is 14.7. The molecule has 0 bridgehead atoms. The first-order valence-corrected chi connectivity index (χ1v) is 2.66. The van der Waals surface area contributed by atoms with Crippen LogP contribution in [0, 0.1) is 10.1 Å². The zero-order chi connectivity index (χ0) is 8.10. The van der Waals surface area contributed by atoms with Crippen molar-refractivity contribution in [2.24, 2.45) is 4.99 Å². The van der Waals surface area contributed by atoms with Crippen LogP contribution in [0.5, 0.6) is 0 Å². The van der Waals surface area contributed by atoms with Gasteiger partial charge in [-0.1, -0.05) is 0 Å². The Kier molecular flexibility index (Phi) is 2.21. The van der Waals surface area contributed by atoms with Gasteiger partial charge in [0.05, 0.1) is 12.5 Å². The largest absolute Gasteiger partial charge is 0.443 e. The van der Waals surface area contributed by atoms with Crippen LogP contribution in [0.4, 0.5) is 0 Å². The quantitative estimate of drug-likeness (QED) is 0.433. The molecule has 0 spiro atoms. The smallest absolute Gasteiger partial charge is 0.302 e. The molecular formula is C5H4N2O4. The standard InChI is InChI=1S/C5H4N2O4/c8-7(9)11-5-4-6-2-1-3-10-5/h1-4H. The Morgan fingerprint density at radius 1 is 1.73 bits per heavy atom. The zero-order valence-corrected chi connectivity index (χ0v) is 5.34. The van der Waals surface area contributed by atoms with Gasteiger partial charge < -0.3 is 4.74 Å². The monoisotopic (exact) mass is 156 g/mol. The van der Waals surface area contributed by atoms with Gasteiger partial charge in [0.2, 0.25) is 0 Å². The molecule has 11 heavy (non-hydrogen) atoms. The molecule has 0 saturated carbocycles. The predicted octanol–water partition coefficient (Wildman–Crippen LogP) is 0.608. The van der Waals surface area contributed by atoms with Crippen LogP contribution in [-0.4, -0.2) is 11.3 Å². The molecule has 0 amide bonds. The minimum Gasteiger partial charge on any atom is -0.443 e. The fraction of sp³-hybridized carbons (Fsp3) is 0. The van der Waals surface area contributed by atoms with E-state index in [1.54, 1.807) is 0 Å². The van der Waals surface area contributed by atoms with Gasteiger partial charge in [0.1, 0.15) is 0 Å². The highest BCUT2D eigenvalue weighted by Crippen LogP contribution is 2.02. The van der Waals surface area contributed by atoms with Crippen LogP contribution in [0.3, 0.4) is 0 Å². The van der Waals surface area contributed by atoms with Gasteiger partial charge >= 0.3 is 5.09 Å². The van der Waals surface area contributed by atoms with Gasteiger partial charge in [-0.2, -0.15) is 0 Å². The topological polar surface area (TPSA) is 74.0 Å². The summed E-state index contributed by atoms with van der Waals surface area (Å²) in [4.78, 5) is 17.3. The van der Waals surface area contributed by atoms with E-state index in [9.17, 15) is 10.1 Å². The molecule has 0 aromatic heterocycles. The molecule has 0 unspecified atom stereocenters. The lowest BCUT2D eigenvalue weighted by Gasteiger charge is -1.98. The highest BCUT2D eigenvalue weighted by molar-refractivity contribution is 5.71. The lowest BCUT2D eigenvalue weighted by Crippen LogP contribution is -2.00. The molecule has 0 aliphatic carbocycles. The second-order valence-electron chi connectivity index (χ2n) is 1.51. The number of ether oxygens (including phenoxy) is 1. The number of hydrogen-bond acceptors (Lipinski definition) is 5. The maximum Gasteiger partial charge on any atom is 0.302 e. The maximum absolute atomic E-state index is 9.77. The molecular weight excluding hydrogens is 152 g/mol. The summed E-state index contributed by atoms with van der Waals surface area (Å²) >= 11 is 0. The lowest BCUT2D eigenvalue weighted by atomic mass is 10.7. The fourth-order valence-corrected chi connectivity index (χ4v) is 0.444. The van der Waals surface area contributed by atoms with Crippen LogP contribution in [-0.2, 0) is 9.57 Å². The van der Waals surface area contributed by atoms with Crippen LogP contribution in [0.2, 0.25) is 0 Å². The third-order valence-electron chi connectivity index (χ3n) is 0.779. The number of aliphatic imine (C=N–C) groups is 1. The number of rotatable bonds is 2. The first-order valence-electron chi connectivity index (χ1n) is 2.66. The lowest BCUT2D eigenvalue weighted by molar-refractivity contribution is -0.749. The summed E-state index contributed by atoms with van der Waals surface area (Å²) in [5, 5.41) is 8.79. The SMILES string of the molecule is O=[N+]([O-])OC1=CN=CC=CO1. The summed E-state index contributed by atoms with van der Waals surface area (Å²) in [6.45, 7) is 0. The summed E-state index contributed by atoms with van der Waals surface area (Å²) in [6.07, 6.45) is 5.22. The van der Waals surface area contributed by atoms with E-state index in [0.717, 1.165) is 6.20 Å². The highest BCUT2D eigenvalue weighted by atomic mass is 17.0. The average molecular weight is 156 g/mol. The van der Waals surface area contributed by atoms with E-state index in [-0.39, 0.29) is 5.95 Å².